The number of rotatable bonds is 3. The maximum Gasteiger partial charge on any atom is 0.328 e. The van der Waals surface area contributed by atoms with Crippen molar-refractivity contribution in [1.29, 1.82) is 0 Å². The van der Waals surface area contributed by atoms with Crippen LogP contribution in [0.25, 0.3) is 17.1 Å². The molecule has 2 aliphatic heterocycles. The van der Waals surface area contributed by atoms with Crippen molar-refractivity contribution in [3.8, 4) is 0 Å². The number of likely N-dealkylation sites (tertiary alicyclic amines) is 1. The topological polar surface area (TPSA) is 84.6 Å². The quantitative estimate of drug-likeness (QED) is 0.717. The summed E-state index contributed by atoms with van der Waals surface area (Å²) in [6.07, 6.45) is 4.65. The first-order valence-corrected chi connectivity index (χ1v) is 10.4. The number of nitrogens with zero attached hydrogens (tertiary/aromatic N) is 4. The summed E-state index contributed by atoms with van der Waals surface area (Å²) >= 11 is 0.837. The number of fused-ring (bicyclic) bond motifs is 1. The molecule has 3 heterocycles. The van der Waals surface area contributed by atoms with Crippen LogP contribution in [0.1, 0.15) is 24.8 Å². The Labute approximate surface area is 171 Å². The molecule has 0 atom stereocenters. The van der Waals surface area contributed by atoms with Crippen LogP contribution in [0, 0.1) is 0 Å². The normalized spacial score (nSPS) is 19.0. The Morgan fingerprint density at radius 1 is 1.03 bits per heavy atom. The zero-order chi connectivity index (χ0) is 20.7. The lowest BCUT2D eigenvalue weighted by molar-refractivity contribution is -0.136. The van der Waals surface area contributed by atoms with Crippen LogP contribution in [-0.4, -0.2) is 55.6 Å². The average molecular weight is 414 g/mol. The SMILES string of the molecule is Cn1c(=O)n(C)c2cc(C=C3SC(=O)N(CC(=O)N4CCCCC4)C3=O)ccc21. The van der Waals surface area contributed by atoms with Gasteiger partial charge in [0.25, 0.3) is 11.1 Å². The lowest BCUT2D eigenvalue weighted by Crippen LogP contribution is -2.44. The Balaban J connectivity index is 1.56. The van der Waals surface area contributed by atoms with Gasteiger partial charge in [-0.1, -0.05) is 6.07 Å². The molecule has 8 nitrogen and oxygen atoms in total. The van der Waals surface area contributed by atoms with Crippen LogP contribution in [0.15, 0.2) is 27.9 Å². The van der Waals surface area contributed by atoms with E-state index in [1.807, 2.05) is 12.1 Å². The minimum absolute atomic E-state index is 0.131. The van der Waals surface area contributed by atoms with E-state index in [1.54, 1.807) is 35.7 Å². The minimum Gasteiger partial charge on any atom is -0.341 e. The third-order valence-corrected chi connectivity index (χ3v) is 6.38. The summed E-state index contributed by atoms with van der Waals surface area (Å²) in [5, 5.41) is -0.431. The number of imidazole rings is 1. The Morgan fingerprint density at radius 2 is 1.72 bits per heavy atom. The molecule has 0 radical (unpaired) electrons. The Hall–Kier alpha value is -2.81. The van der Waals surface area contributed by atoms with E-state index in [2.05, 4.69) is 0 Å². The van der Waals surface area contributed by atoms with Gasteiger partial charge < -0.3 is 4.90 Å². The predicted molar refractivity (Wildman–Crippen MR) is 111 cm³/mol. The van der Waals surface area contributed by atoms with Crippen LogP contribution >= 0.6 is 11.8 Å². The average Bonchev–Trinajstić information content (AvgIpc) is 3.11. The van der Waals surface area contributed by atoms with Gasteiger partial charge in [-0.2, -0.15) is 0 Å². The molecule has 0 N–H and O–H groups in total. The van der Waals surface area contributed by atoms with E-state index in [4.69, 9.17) is 0 Å². The maximum absolute atomic E-state index is 12.7. The Morgan fingerprint density at radius 3 is 2.45 bits per heavy atom. The number of hydrogen-bond donors (Lipinski definition) is 0. The molecule has 2 aromatic rings. The number of thioether (sulfide) groups is 1. The summed E-state index contributed by atoms with van der Waals surface area (Å²) in [4.78, 5) is 52.6. The van der Waals surface area contributed by atoms with Gasteiger partial charge in [0.05, 0.1) is 15.9 Å². The summed E-state index contributed by atoms with van der Waals surface area (Å²) in [6, 6.07) is 5.42. The summed E-state index contributed by atoms with van der Waals surface area (Å²) in [6.45, 7) is 1.15. The second kappa shape index (κ2) is 7.55. The van der Waals surface area contributed by atoms with E-state index < -0.39 is 11.1 Å². The first-order chi connectivity index (χ1) is 13.9. The van der Waals surface area contributed by atoms with Crippen molar-refractivity contribution in [2.45, 2.75) is 19.3 Å². The molecule has 0 unspecified atom stereocenters. The highest BCUT2D eigenvalue weighted by Crippen LogP contribution is 2.32. The lowest BCUT2D eigenvalue weighted by Gasteiger charge is -2.27. The molecule has 3 amide bonds. The van der Waals surface area contributed by atoms with Gasteiger partial charge in [0.1, 0.15) is 6.54 Å². The molecule has 0 saturated carbocycles. The third kappa shape index (κ3) is 3.50. The molecular weight excluding hydrogens is 392 g/mol. The van der Waals surface area contributed by atoms with Crippen LogP contribution in [-0.2, 0) is 23.7 Å². The van der Waals surface area contributed by atoms with Gasteiger partial charge >= 0.3 is 5.69 Å². The fourth-order valence-electron chi connectivity index (χ4n) is 3.78. The maximum atomic E-state index is 12.7. The molecule has 1 aromatic heterocycles. The fourth-order valence-corrected chi connectivity index (χ4v) is 4.62. The molecule has 0 spiro atoms. The molecule has 0 bridgehead atoms. The molecule has 152 valence electrons. The molecule has 2 fully saturated rings. The standard InChI is InChI=1S/C20H22N4O4S/c1-21-14-7-6-13(10-15(14)22(2)19(21)27)11-16-18(26)24(20(28)29-16)12-17(25)23-8-4-3-5-9-23/h6-7,10-11H,3-5,8-9,12H2,1-2H3. The molecule has 2 saturated heterocycles. The first-order valence-electron chi connectivity index (χ1n) is 9.55. The van der Waals surface area contributed by atoms with Crippen LogP contribution in [0.4, 0.5) is 4.79 Å². The minimum atomic E-state index is -0.451. The molecular formula is C20H22N4O4S. The Bertz CT molecular complexity index is 1110. The van der Waals surface area contributed by atoms with E-state index in [0.717, 1.165) is 47.0 Å². The number of imide groups is 1. The molecule has 0 aliphatic carbocycles. The highest BCUT2D eigenvalue weighted by atomic mass is 32.2. The van der Waals surface area contributed by atoms with Crippen molar-refractivity contribution in [2.75, 3.05) is 19.6 Å². The number of carbonyl (C=O) groups excluding carboxylic acids is 3. The van der Waals surface area contributed by atoms with Crippen LogP contribution < -0.4 is 5.69 Å². The number of aromatic nitrogens is 2. The van der Waals surface area contributed by atoms with E-state index in [0.29, 0.717) is 18.7 Å². The second-order valence-corrected chi connectivity index (χ2v) is 8.35. The zero-order valence-corrected chi connectivity index (χ0v) is 17.2. The first kappa shape index (κ1) is 19.5. The van der Waals surface area contributed by atoms with Crippen molar-refractivity contribution < 1.29 is 14.4 Å². The van der Waals surface area contributed by atoms with Gasteiger partial charge in [-0.3, -0.25) is 28.4 Å². The largest absolute Gasteiger partial charge is 0.341 e. The molecule has 1 aromatic carbocycles. The van der Waals surface area contributed by atoms with Gasteiger partial charge in [-0.15, -0.1) is 0 Å². The van der Waals surface area contributed by atoms with Crippen LogP contribution in [0.2, 0.25) is 0 Å². The van der Waals surface area contributed by atoms with Gasteiger partial charge in [-0.25, -0.2) is 4.79 Å². The number of benzene rings is 1. The number of amides is 3. The highest BCUT2D eigenvalue weighted by molar-refractivity contribution is 8.18. The van der Waals surface area contributed by atoms with Crippen LogP contribution in [0.5, 0.6) is 0 Å². The van der Waals surface area contributed by atoms with Gasteiger partial charge in [-0.05, 0) is 54.8 Å². The van der Waals surface area contributed by atoms with Crippen molar-refractivity contribution in [3.05, 3.63) is 39.2 Å². The zero-order valence-electron chi connectivity index (χ0n) is 16.4. The van der Waals surface area contributed by atoms with Crippen molar-refractivity contribution >= 4 is 45.9 Å². The fraction of sp³-hybridized carbons (Fsp3) is 0.400. The number of piperidine rings is 1. The lowest BCUT2D eigenvalue weighted by atomic mass is 10.1. The summed E-state index contributed by atoms with van der Waals surface area (Å²) in [7, 11) is 3.39. The van der Waals surface area contributed by atoms with Gasteiger partial charge in [0.15, 0.2) is 0 Å². The number of aryl methyl sites for hydroxylation is 2. The molecule has 4 rings (SSSR count). The smallest absolute Gasteiger partial charge is 0.328 e. The van der Waals surface area contributed by atoms with Crippen LogP contribution in [0.3, 0.4) is 0 Å². The monoisotopic (exact) mass is 414 g/mol. The van der Waals surface area contributed by atoms with Crippen molar-refractivity contribution in [1.82, 2.24) is 18.9 Å². The van der Waals surface area contributed by atoms with E-state index in [9.17, 15) is 19.2 Å². The predicted octanol–water partition coefficient (Wildman–Crippen LogP) is 1.93. The van der Waals surface area contributed by atoms with Crippen molar-refractivity contribution in [3.63, 3.8) is 0 Å². The van der Waals surface area contributed by atoms with E-state index >= 15 is 0 Å². The van der Waals surface area contributed by atoms with E-state index in [1.165, 1.54) is 4.57 Å². The van der Waals surface area contributed by atoms with E-state index in [-0.39, 0.29) is 23.0 Å². The van der Waals surface area contributed by atoms with Gasteiger partial charge in [0, 0.05) is 27.2 Å². The number of hydrogen-bond acceptors (Lipinski definition) is 5. The summed E-state index contributed by atoms with van der Waals surface area (Å²) in [5.41, 5.74) is 2.11. The number of carbonyl (C=O) groups is 3. The van der Waals surface area contributed by atoms with Gasteiger partial charge in [0.2, 0.25) is 5.91 Å². The Kier molecular flexibility index (Phi) is 5.08. The molecule has 2 aliphatic rings. The molecule has 9 heteroatoms. The molecule has 29 heavy (non-hydrogen) atoms. The summed E-state index contributed by atoms with van der Waals surface area (Å²) in [5.74, 6) is -0.638. The second-order valence-electron chi connectivity index (χ2n) is 7.36. The summed E-state index contributed by atoms with van der Waals surface area (Å²) < 4.78 is 3.09. The third-order valence-electron chi connectivity index (χ3n) is 5.47. The van der Waals surface area contributed by atoms with Crippen molar-refractivity contribution in [2.24, 2.45) is 14.1 Å². The highest BCUT2D eigenvalue weighted by Gasteiger charge is 2.37.